The lowest BCUT2D eigenvalue weighted by atomic mass is 10.0. The van der Waals surface area contributed by atoms with Gasteiger partial charge >= 0.3 is 0 Å². The predicted molar refractivity (Wildman–Crippen MR) is 94.5 cm³/mol. The molecule has 0 saturated carbocycles. The van der Waals surface area contributed by atoms with Gasteiger partial charge in [-0.05, 0) is 42.6 Å². The van der Waals surface area contributed by atoms with E-state index in [1.165, 1.54) is 5.39 Å². The first-order valence-corrected chi connectivity index (χ1v) is 8.53. The van der Waals surface area contributed by atoms with Crippen LogP contribution in [0.4, 0.5) is 0 Å². The van der Waals surface area contributed by atoms with Crippen LogP contribution in [0.1, 0.15) is 22.7 Å². The van der Waals surface area contributed by atoms with Crippen molar-refractivity contribution in [3.8, 4) is 0 Å². The van der Waals surface area contributed by atoms with Crippen LogP contribution in [0, 0.1) is 0 Å². The largest absolute Gasteiger partial charge is 0.454 e. The van der Waals surface area contributed by atoms with Gasteiger partial charge in [-0.3, -0.25) is 4.79 Å². The first-order valence-electron chi connectivity index (χ1n) is 8.53. The lowest BCUT2D eigenvalue weighted by molar-refractivity contribution is 0.0742. The Hall–Kier alpha value is -2.57. The maximum Gasteiger partial charge on any atom is 0.287 e. The van der Waals surface area contributed by atoms with E-state index in [-0.39, 0.29) is 17.7 Å². The van der Waals surface area contributed by atoms with Crippen molar-refractivity contribution in [2.24, 2.45) is 0 Å². The second-order valence-electron chi connectivity index (χ2n) is 6.41. The third-order valence-corrected chi connectivity index (χ3v) is 4.66. The quantitative estimate of drug-likeness (QED) is 0.676. The van der Waals surface area contributed by atoms with Crippen molar-refractivity contribution >= 4 is 16.8 Å². The zero-order valence-electron chi connectivity index (χ0n) is 13.8. The topological polar surface area (TPSA) is 79.4 Å². The van der Waals surface area contributed by atoms with Crippen molar-refractivity contribution in [3.63, 3.8) is 0 Å². The average molecular weight is 339 g/mol. The Labute approximate surface area is 145 Å². The molecule has 3 N–H and O–H groups in total. The fourth-order valence-electron chi connectivity index (χ4n) is 3.28. The summed E-state index contributed by atoms with van der Waals surface area (Å²) in [5, 5.41) is 17.1. The minimum absolute atomic E-state index is 0.240. The summed E-state index contributed by atoms with van der Waals surface area (Å²) in [6.45, 7) is 1.85. The number of β-amino-alcohol motifs (C(OH)–C–C–N with tert-alkyl or cyclic N) is 1. The van der Waals surface area contributed by atoms with Crippen LogP contribution in [-0.4, -0.2) is 40.8 Å². The van der Waals surface area contributed by atoms with Crippen LogP contribution in [0.3, 0.4) is 0 Å². The first-order chi connectivity index (χ1) is 12.2. The zero-order chi connectivity index (χ0) is 17.2. The van der Waals surface area contributed by atoms with E-state index in [1.807, 2.05) is 24.4 Å². The number of hydrogen-bond donors (Lipinski definition) is 3. The predicted octanol–water partition coefficient (Wildman–Crippen LogP) is 1.74. The fourth-order valence-corrected chi connectivity index (χ4v) is 3.28. The van der Waals surface area contributed by atoms with E-state index >= 15 is 0 Å². The third kappa shape index (κ3) is 3.31. The number of furan rings is 1. The van der Waals surface area contributed by atoms with Gasteiger partial charge in [0, 0.05) is 18.3 Å². The number of aliphatic hydroxyl groups excluding tert-OH is 1. The van der Waals surface area contributed by atoms with Crippen LogP contribution >= 0.6 is 0 Å². The number of aromatic nitrogens is 1. The number of carbonyl (C=O) groups is 1. The van der Waals surface area contributed by atoms with E-state index in [0.717, 1.165) is 17.8 Å². The van der Waals surface area contributed by atoms with Crippen LogP contribution in [0.25, 0.3) is 10.9 Å². The molecular weight excluding hydrogens is 318 g/mol. The van der Waals surface area contributed by atoms with Crippen molar-refractivity contribution in [3.05, 3.63) is 60.2 Å². The van der Waals surface area contributed by atoms with Gasteiger partial charge in [0.2, 0.25) is 0 Å². The summed E-state index contributed by atoms with van der Waals surface area (Å²) in [5.74, 6) is 0.712. The normalized spacial score (nSPS) is 20.7. The molecule has 1 saturated heterocycles. The van der Waals surface area contributed by atoms with E-state index in [0.29, 0.717) is 19.5 Å². The number of carbonyl (C=O) groups excluding carboxylic acids is 1. The number of fused-ring (bicyclic) bond motifs is 1. The monoisotopic (exact) mass is 339 g/mol. The van der Waals surface area contributed by atoms with Gasteiger partial charge in [0.15, 0.2) is 5.76 Å². The van der Waals surface area contributed by atoms with E-state index in [4.69, 9.17) is 4.42 Å². The van der Waals surface area contributed by atoms with Gasteiger partial charge in [-0.2, -0.15) is 0 Å². The van der Waals surface area contributed by atoms with Crippen molar-refractivity contribution in [1.82, 2.24) is 15.2 Å². The number of para-hydroxylation sites is 1. The molecule has 1 aliphatic heterocycles. The van der Waals surface area contributed by atoms with Gasteiger partial charge in [0.05, 0.1) is 18.7 Å². The van der Waals surface area contributed by atoms with Crippen LogP contribution in [0.5, 0.6) is 0 Å². The summed E-state index contributed by atoms with van der Waals surface area (Å²) in [6.07, 6.45) is 2.15. The Kier molecular flexibility index (Phi) is 4.29. The summed E-state index contributed by atoms with van der Waals surface area (Å²) >= 11 is 0. The lowest BCUT2D eigenvalue weighted by Gasteiger charge is -2.28. The van der Waals surface area contributed by atoms with Gasteiger partial charge < -0.3 is 24.7 Å². The van der Waals surface area contributed by atoms with Gasteiger partial charge in [0.25, 0.3) is 5.91 Å². The molecule has 2 aromatic heterocycles. The molecule has 0 bridgehead atoms. The molecule has 2 atom stereocenters. The molecule has 25 heavy (non-hydrogen) atoms. The molecular formula is C19H21N3O3. The summed E-state index contributed by atoms with van der Waals surface area (Å²) < 4.78 is 7.80. The van der Waals surface area contributed by atoms with Gasteiger partial charge in [-0.15, -0.1) is 0 Å². The van der Waals surface area contributed by atoms with Gasteiger partial charge in [-0.25, -0.2) is 0 Å². The Balaban J connectivity index is 1.45. The van der Waals surface area contributed by atoms with E-state index < -0.39 is 6.10 Å². The molecule has 1 aliphatic rings. The molecule has 3 heterocycles. The van der Waals surface area contributed by atoms with Gasteiger partial charge in [-0.1, -0.05) is 18.2 Å². The van der Waals surface area contributed by atoms with Crippen molar-refractivity contribution < 1.29 is 14.3 Å². The van der Waals surface area contributed by atoms with E-state index in [1.54, 1.807) is 6.07 Å². The highest BCUT2D eigenvalue weighted by Gasteiger charge is 2.25. The molecule has 2 unspecified atom stereocenters. The van der Waals surface area contributed by atoms with Crippen molar-refractivity contribution in [1.29, 1.82) is 0 Å². The number of rotatable bonds is 4. The molecule has 0 aliphatic carbocycles. The maximum absolute atomic E-state index is 12.3. The SMILES string of the molecule is O=C(NC1CCNCC1O)c1ccc(Cn2ccc3ccccc32)o1. The number of benzene rings is 1. The summed E-state index contributed by atoms with van der Waals surface area (Å²) in [4.78, 5) is 12.3. The lowest BCUT2D eigenvalue weighted by Crippen LogP contribution is -2.52. The molecule has 1 fully saturated rings. The molecule has 0 spiro atoms. The summed E-state index contributed by atoms with van der Waals surface area (Å²) in [7, 11) is 0. The van der Waals surface area contributed by atoms with Crippen molar-refractivity contribution in [2.45, 2.75) is 25.1 Å². The number of nitrogens with one attached hydrogen (secondary N) is 2. The van der Waals surface area contributed by atoms with Crippen LogP contribution in [-0.2, 0) is 6.54 Å². The molecule has 1 aromatic carbocycles. The van der Waals surface area contributed by atoms with E-state index in [9.17, 15) is 9.90 Å². The number of piperidine rings is 1. The third-order valence-electron chi connectivity index (χ3n) is 4.66. The Morgan fingerprint density at radius 1 is 1.28 bits per heavy atom. The highest BCUT2D eigenvalue weighted by Crippen LogP contribution is 2.18. The highest BCUT2D eigenvalue weighted by atomic mass is 16.4. The fraction of sp³-hybridized carbons (Fsp3) is 0.316. The average Bonchev–Trinajstić information content (AvgIpc) is 3.25. The van der Waals surface area contributed by atoms with Crippen LogP contribution in [0.2, 0.25) is 0 Å². The summed E-state index contributed by atoms with van der Waals surface area (Å²) in [5.41, 5.74) is 1.13. The van der Waals surface area contributed by atoms with E-state index in [2.05, 4.69) is 33.4 Å². The molecule has 6 heteroatoms. The maximum atomic E-state index is 12.3. The minimum Gasteiger partial charge on any atom is -0.454 e. The zero-order valence-corrected chi connectivity index (χ0v) is 13.8. The number of amides is 1. The molecule has 0 radical (unpaired) electrons. The smallest absolute Gasteiger partial charge is 0.287 e. The number of aliphatic hydroxyl groups is 1. The first kappa shape index (κ1) is 15.9. The van der Waals surface area contributed by atoms with Crippen LogP contribution in [0.15, 0.2) is 53.1 Å². The highest BCUT2D eigenvalue weighted by molar-refractivity contribution is 5.91. The standard InChI is InChI=1S/C19H21N3O3/c23-17-11-20-9-7-15(17)21-19(24)18-6-5-14(25-18)12-22-10-8-13-3-1-2-4-16(13)22/h1-6,8,10,15,17,20,23H,7,9,11-12H2,(H,21,24). The Morgan fingerprint density at radius 3 is 3.04 bits per heavy atom. The molecule has 4 rings (SSSR count). The molecule has 1 amide bonds. The second-order valence-corrected chi connectivity index (χ2v) is 6.41. The van der Waals surface area contributed by atoms with Gasteiger partial charge in [0.1, 0.15) is 5.76 Å². The number of hydrogen-bond acceptors (Lipinski definition) is 4. The molecule has 3 aromatic rings. The number of nitrogens with zero attached hydrogens (tertiary/aromatic N) is 1. The summed E-state index contributed by atoms with van der Waals surface area (Å²) in [6, 6.07) is 13.5. The van der Waals surface area contributed by atoms with Crippen LogP contribution < -0.4 is 10.6 Å². The minimum atomic E-state index is -0.571. The Bertz CT molecular complexity index is 883. The van der Waals surface area contributed by atoms with Crippen molar-refractivity contribution in [2.75, 3.05) is 13.1 Å². The second kappa shape index (κ2) is 6.74. The molecule has 130 valence electrons. The molecule has 6 nitrogen and oxygen atoms in total. The Morgan fingerprint density at radius 2 is 2.16 bits per heavy atom.